The highest BCUT2D eigenvalue weighted by Gasteiger charge is 2.17. The number of hydrogen-bond acceptors (Lipinski definition) is 3. The van der Waals surface area contributed by atoms with Crippen molar-refractivity contribution in [2.45, 2.75) is 6.92 Å². The van der Waals surface area contributed by atoms with E-state index in [0.29, 0.717) is 5.69 Å². The van der Waals surface area contributed by atoms with Gasteiger partial charge in [0.15, 0.2) is 6.61 Å². The maximum atomic E-state index is 11.9. The van der Waals surface area contributed by atoms with Crippen LogP contribution in [0.5, 0.6) is 0 Å². The standard InChI is InChI=1S/C16H13Cl2NO3/c1-10-4-2-5-11(8-10)19-14(20)9-22-16(21)15-12(17)6-3-7-13(15)18/h2-8H,9H2,1H3,(H,19,20). The summed E-state index contributed by atoms with van der Waals surface area (Å²) < 4.78 is 4.93. The van der Waals surface area contributed by atoms with Crippen LogP contribution < -0.4 is 5.32 Å². The Hall–Kier alpha value is -2.04. The fraction of sp³-hybridized carbons (Fsp3) is 0.125. The molecule has 0 saturated carbocycles. The fourth-order valence-electron chi connectivity index (χ4n) is 1.82. The van der Waals surface area contributed by atoms with Crippen LogP contribution in [-0.4, -0.2) is 18.5 Å². The lowest BCUT2D eigenvalue weighted by Gasteiger charge is -2.09. The number of amides is 1. The Kier molecular flexibility index (Phi) is 5.41. The number of hydrogen-bond donors (Lipinski definition) is 1. The zero-order valence-corrected chi connectivity index (χ0v) is 13.2. The summed E-state index contributed by atoms with van der Waals surface area (Å²) in [5.74, 6) is -1.18. The zero-order valence-electron chi connectivity index (χ0n) is 11.7. The quantitative estimate of drug-likeness (QED) is 0.854. The summed E-state index contributed by atoms with van der Waals surface area (Å²) in [5, 5.41) is 2.99. The number of anilines is 1. The van der Waals surface area contributed by atoms with Crippen LogP contribution in [0.2, 0.25) is 10.0 Å². The minimum Gasteiger partial charge on any atom is -0.452 e. The van der Waals surface area contributed by atoms with E-state index in [1.807, 2.05) is 25.1 Å². The van der Waals surface area contributed by atoms with E-state index in [1.165, 1.54) is 12.1 Å². The summed E-state index contributed by atoms with van der Waals surface area (Å²) in [4.78, 5) is 23.7. The van der Waals surface area contributed by atoms with E-state index in [2.05, 4.69) is 5.32 Å². The fourth-order valence-corrected chi connectivity index (χ4v) is 2.37. The van der Waals surface area contributed by atoms with Gasteiger partial charge in [0.2, 0.25) is 0 Å². The predicted octanol–water partition coefficient (Wildman–Crippen LogP) is 4.10. The lowest BCUT2D eigenvalue weighted by atomic mass is 10.2. The lowest BCUT2D eigenvalue weighted by molar-refractivity contribution is -0.119. The summed E-state index contributed by atoms with van der Waals surface area (Å²) in [6.07, 6.45) is 0. The van der Waals surface area contributed by atoms with Crippen LogP contribution in [0, 0.1) is 6.92 Å². The number of nitrogens with one attached hydrogen (secondary N) is 1. The largest absolute Gasteiger partial charge is 0.452 e. The second-order valence-corrected chi connectivity index (χ2v) is 5.40. The van der Waals surface area contributed by atoms with Gasteiger partial charge in [0.25, 0.3) is 5.91 Å². The summed E-state index contributed by atoms with van der Waals surface area (Å²) in [6, 6.07) is 12.0. The predicted molar refractivity (Wildman–Crippen MR) is 86.6 cm³/mol. The Morgan fingerprint density at radius 2 is 1.73 bits per heavy atom. The molecule has 0 unspecified atom stereocenters. The van der Waals surface area contributed by atoms with Crippen LogP contribution >= 0.6 is 23.2 Å². The monoisotopic (exact) mass is 337 g/mol. The van der Waals surface area contributed by atoms with Gasteiger partial charge in [-0.1, -0.05) is 41.4 Å². The molecule has 0 aromatic heterocycles. The molecule has 1 amide bonds. The number of esters is 1. The Bertz CT molecular complexity index is 696. The number of aryl methyl sites for hydroxylation is 1. The highest BCUT2D eigenvalue weighted by Crippen LogP contribution is 2.24. The Labute approximate surface area is 138 Å². The normalized spacial score (nSPS) is 10.1. The first-order valence-corrected chi connectivity index (χ1v) is 7.20. The van der Waals surface area contributed by atoms with Gasteiger partial charge in [-0.15, -0.1) is 0 Å². The van der Waals surface area contributed by atoms with Crippen LogP contribution in [0.15, 0.2) is 42.5 Å². The molecule has 0 bridgehead atoms. The van der Waals surface area contributed by atoms with Crippen LogP contribution in [0.25, 0.3) is 0 Å². The summed E-state index contributed by atoms with van der Waals surface area (Å²) >= 11 is 11.8. The van der Waals surface area contributed by atoms with Crippen molar-refractivity contribution in [2.24, 2.45) is 0 Å². The van der Waals surface area contributed by atoms with Crippen molar-refractivity contribution in [1.82, 2.24) is 0 Å². The van der Waals surface area contributed by atoms with Gasteiger partial charge in [-0.3, -0.25) is 4.79 Å². The van der Waals surface area contributed by atoms with Gasteiger partial charge >= 0.3 is 5.97 Å². The van der Waals surface area contributed by atoms with Crippen molar-refractivity contribution >= 4 is 40.8 Å². The Balaban J connectivity index is 1.95. The number of carbonyl (C=O) groups excluding carboxylic acids is 2. The van der Waals surface area contributed by atoms with Crippen molar-refractivity contribution in [3.8, 4) is 0 Å². The maximum Gasteiger partial charge on any atom is 0.341 e. The molecule has 0 saturated heterocycles. The number of halogens is 2. The Morgan fingerprint density at radius 1 is 1.09 bits per heavy atom. The molecular weight excluding hydrogens is 325 g/mol. The van der Waals surface area contributed by atoms with Gasteiger partial charge in [0.1, 0.15) is 0 Å². The summed E-state index contributed by atoms with van der Waals surface area (Å²) in [7, 11) is 0. The zero-order chi connectivity index (χ0) is 16.1. The molecule has 0 fully saturated rings. The van der Waals surface area contributed by atoms with Crippen molar-refractivity contribution in [3.63, 3.8) is 0 Å². The molecule has 0 aliphatic heterocycles. The van der Waals surface area contributed by atoms with Gasteiger partial charge in [0.05, 0.1) is 15.6 Å². The molecule has 0 aliphatic rings. The smallest absolute Gasteiger partial charge is 0.341 e. The van der Waals surface area contributed by atoms with Crippen molar-refractivity contribution in [3.05, 3.63) is 63.6 Å². The molecule has 2 aromatic rings. The average molecular weight is 338 g/mol. The Morgan fingerprint density at radius 3 is 2.36 bits per heavy atom. The first-order chi connectivity index (χ1) is 10.5. The topological polar surface area (TPSA) is 55.4 Å². The van der Waals surface area contributed by atoms with Crippen molar-refractivity contribution in [1.29, 1.82) is 0 Å². The minimum absolute atomic E-state index is 0.0502. The third-order valence-electron chi connectivity index (χ3n) is 2.80. The van der Waals surface area contributed by atoms with E-state index in [0.717, 1.165) is 5.56 Å². The average Bonchev–Trinajstić information content (AvgIpc) is 2.45. The third-order valence-corrected chi connectivity index (χ3v) is 3.43. The molecule has 6 heteroatoms. The van der Waals surface area contributed by atoms with Crippen molar-refractivity contribution in [2.75, 3.05) is 11.9 Å². The summed E-state index contributed by atoms with van der Waals surface area (Å²) in [5.41, 5.74) is 1.70. The number of benzene rings is 2. The van der Waals surface area contributed by atoms with Crippen LogP contribution in [0.3, 0.4) is 0 Å². The van der Waals surface area contributed by atoms with Crippen LogP contribution in [-0.2, 0) is 9.53 Å². The molecule has 0 radical (unpaired) electrons. The molecule has 0 aliphatic carbocycles. The molecule has 2 rings (SSSR count). The highest BCUT2D eigenvalue weighted by molar-refractivity contribution is 6.39. The van der Waals surface area contributed by atoms with E-state index in [-0.39, 0.29) is 15.6 Å². The first kappa shape index (κ1) is 16.3. The van der Waals surface area contributed by atoms with Gasteiger partial charge < -0.3 is 10.1 Å². The van der Waals surface area contributed by atoms with Crippen LogP contribution in [0.4, 0.5) is 5.69 Å². The second-order valence-electron chi connectivity index (χ2n) is 4.59. The SMILES string of the molecule is Cc1cccc(NC(=O)COC(=O)c2c(Cl)cccc2Cl)c1. The van der Waals surface area contributed by atoms with Gasteiger partial charge in [0, 0.05) is 5.69 Å². The van der Waals surface area contributed by atoms with Gasteiger partial charge in [-0.25, -0.2) is 4.79 Å². The molecular formula is C16H13Cl2NO3. The highest BCUT2D eigenvalue weighted by atomic mass is 35.5. The molecule has 0 spiro atoms. The first-order valence-electron chi connectivity index (χ1n) is 6.45. The minimum atomic E-state index is -0.741. The van der Waals surface area contributed by atoms with Crippen molar-refractivity contribution < 1.29 is 14.3 Å². The molecule has 4 nitrogen and oxygen atoms in total. The van der Waals surface area contributed by atoms with E-state index in [4.69, 9.17) is 27.9 Å². The van der Waals surface area contributed by atoms with Gasteiger partial charge in [-0.2, -0.15) is 0 Å². The van der Waals surface area contributed by atoms with E-state index in [9.17, 15) is 9.59 Å². The molecule has 22 heavy (non-hydrogen) atoms. The lowest BCUT2D eigenvalue weighted by Crippen LogP contribution is -2.21. The van der Waals surface area contributed by atoms with E-state index in [1.54, 1.807) is 12.1 Å². The van der Waals surface area contributed by atoms with Crippen LogP contribution in [0.1, 0.15) is 15.9 Å². The third kappa shape index (κ3) is 4.23. The number of rotatable bonds is 4. The molecule has 114 valence electrons. The maximum absolute atomic E-state index is 11.9. The molecule has 2 aromatic carbocycles. The molecule has 0 heterocycles. The molecule has 0 atom stereocenters. The second kappa shape index (κ2) is 7.29. The van der Waals surface area contributed by atoms with E-state index < -0.39 is 18.5 Å². The molecule has 1 N–H and O–H groups in total. The number of ether oxygens (including phenoxy) is 1. The van der Waals surface area contributed by atoms with Gasteiger partial charge in [-0.05, 0) is 36.8 Å². The van der Waals surface area contributed by atoms with E-state index >= 15 is 0 Å². The number of carbonyl (C=O) groups is 2. The summed E-state index contributed by atoms with van der Waals surface area (Å²) in [6.45, 7) is 1.49.